The van der Waals surface area contributed by atoms with E-state index >= 15 is 0 Å². The van der Waals surface area contributed by atoms with Gasteiger partial charge in [-0.15, -0.1) is 0 Å². The van der Waals surface area contributed by atoms with Crippen molar-refractivity contribution in [2.75, 3.05) is 33.0 Å². The van der Waals surface area contributed by atoms with Crippen LogP contribution in [0.5, 0.6) is 0 Å². The lowest BCUT2D eigenvalue weighted by Gasteiger charge is -2.55. The van der Waals surface area contributed by atoms with Gasteiger partial charge in [0.1, 0.15) is 122 Å². The molecule has 0 spiro atoms. The van der Waals surface area contributed by atoms with E-state index in [2.05, 4.69) is 295 Å². The van der Waals surface area contributed by atoms with Gasteiger partial charge in [-0.3, -0.25) is 0 Å². The number of ether oxygens (including phenoxy) is 9. The summed E-state index contributed by atoms with van der Waals surface area (Å²) in [5.41, 5.74) is 0. The monoisotopic (exact) mass is 1910 g/mol. The van der Waals surface area contributed by atoms with Gasteiger partial charge in [-0.25, -0.2) is 0 Å². The van der Waals surface area contributed by atoms with Gasteiger partial charge in [-0.2, -0.15) is 0 Å². The lowest BCUT2D eigenvalue weighted by atomic mass is 9.95. The minimum absolute atomic E-state index is 0.0618. The van der Waals surface area contributed by atoms with Crippen molar-refractivity contribution in [2.45, 2.75) is 448 Å². The van der Waals surface area contributed by atoms with Crippen LogP contribution in [0.1, 0.15) is 0 Å². The van der Waals surface area contributed by atoms with Crippen LogP contribution in [0.15, 0.2) is 0 Å². The molecule has 688 valence electrons. The molecule has 0 aromatic rings. The molecule has 0 aliphatic carbocycles. The van der Waals surface area contributed by atoms with E-state index in [-0.39, 0.29) is 33.0 Å². The number of aliphatic hydroxyl groups is 2. The van der Waals surface area contributed by atoms with E-state index in [4.69, 9.17) is 109 Å². The van der Waals surface area contributed by atoms with Gasteiger partial charge in [0.25, 0.3) is 0 Å². The highest BCUT2D eigenvalue weighted by molar-refractivity contribution is 6.74. The summed E-state index contributed by atoms with van der Waals surface area (Å²) in [6.07, 6.45) is -24.5. The Labute approximate surface area is 720 Å². The Hall–Kier alpha value is 2.21. The summed E-state index contributed by atoms with van der Waals surface area (Å²) < 4.78 is 178. The van der Waals surface area contributed by atoms with Crippen molar-refractivity contribution in [3.05, 3.63) is 0 Å². The Morgan fingerprint density at radius 2 is 0.328 bits per heavy atom. The quantitative estimate of drug-likeness (QED) is 0.0537. The van der Waals surface area contributed by atoms with Crippen LogP contribution in [-0.4, -0.2) is 322 Å². The maximum absolute atomic E-state index is 12.6. The van der Waals surface area contributed by atoms with Crippen LogP contribution in [0.3, 0.4) is 0 Å². The fourth-order valence-electron chi connectivity index (χ4n) is 13.9. The van der Waals surface area contributed by atoms with Gasteiger partial charge in [0.2, 0.25) is 0 Å². The molecule has 0 saturated carbocycles. The molecule has 5 aliphatic rings. The number of hydrogen-bond acceptors (Lipinski definition) is 26. The fraction of sp³-hybridized carbons (Fsp3) is 1.00. The molecule has 41 heteroatoms. The highest BCUT2D eigenvalue weighted by atomic mass is 28.4. The summed E-state index contributed by atoms with van der Waals surface area (Å²) in [6, 6.07) is 0. The second kappa shape index (κ2) is 41.1. The van der Waals surface area contributed by atoms with Crippen molar-refractivity contribution in [2.24, 2.45) is 0 Å². The van der Waals surface area contributed by atoms with E-state index in [0.717, 1.165) is 0 Å². The second-order valence-electron chi connectivity index (χ2n) is 47.2. The average Bonchev–Trinajstić information content (AvgIpc) is 0.751. The first kappa shape index (κ1) is 109. The van der Waals surface area contributed by atoms with Crippen LogP contribution in [0, 0.1) is 0 Å². The van der Waals surface area contributed by atoms with Gasteiger partial charge in [-0.05, 0) is 295 Å². The Morgan fingerprint density at radius 3 is 0.534 bits per heavy atom. The van der Waals surface area contributed by atoms with Crippen molar-refractivity contribution in [1.29, 1.82) is 0 Å². The zero-order chi connectivity index (χ0) is 89.4. The minimum atomic E-state index is -2.72. The molecule has 0 aromatic carbocycles. The molecule has 26 nitrogen and oxygen atoms in total. The molecule has 116 heavy (non-hydrogen) atoms. The van der Waals surface area contributed by atoms with E-state index in [1.165, 1.54) is 0 Å². The zero-order valence-corrected chi connectivity index (χ0v) is 96.2. The van der Waals surface area contributed by atoms with E-state index in [9.17, 15) is 10.2 Å². The number of aliphatic hydroxyl groups excluding tert-OH is 2. The van der Waals surface area contributed by atoms with Gasteiger partial charge in [-0.1, -0.05) is 0 Å². The Balaban J connectivity index is 1.87. The van der Waals surface area contributed by atoms with E-state index in [0.29, 0.717) is 0 Å². The molecule has 0 radical (unpaired) electrons. The Bertz CT molecular complexity index is 2950. The van der Waals surface area contributed by atoms with Gasteiger partial charge in [0, 0.05) is 0 Å². The maximum Gasteiger partial charge on any atom is 0.186 e. The molecule has 2 N–H and O–H groups in total. The van der Waals surface area contributed by atoms with Crippen LogP contribution in [0.2, 0.25) is 295 Å². The molecule has 1 unspecified atom stereocenters. The molecule has 0 amide bonds. The van der Waals surface area contributed by atoms with Crippen molar-refractivity contribution >= 4 is 125 Å². The van der Waals surface area contributed by atoms with Gasteiger partial charge in [0.05, 0.1) is 33.0 Å². The normalized spacial score (nSPS) is 34.2. The first-order valence-corrected chi connectivity index (χ1v) is 94.0. The van der Waals surface area contributed by atoms with E-state index in [1.807, 2.05) is 0 Å². The average molecular weight is 1910 g/mol. The van der Waals surface area contributed by atoms with Crippen molar-refractivity contribution in [3.63, 3.8) is 0 Å². The SMILES string of the molecule is C[Si](C)(C)OC[C@@H]1O[C@H](O[C@@H]2[C@H](O[Si](C)(C)C)[C@@H](O[Si](C)(C)C)[C@@H](O[C@H]3[C@@H](O[Si](C)(C)C)[C@@H](O[Si](C)(C)C)[C@@H](O[C@H]4[C@@H](O[Si](C)(C)C)[C@H](O[Si](C)(C)C)[C@H](O[C@@H]5[C@@H](CO[Si](C)(C)C)O[C@@H](O)C(O[Si](C)(C)C)[C@@H]5O[Si](C)(C)C)O[C@@H]4CO[Si](C)(C)C)O[C@@H]3CO[Si](C)(C)C)O[C@H]2CO[Si](C)(C)C)[C@H](O[Si](C)(C)C)[C@@H](O[Si](C)(C)C)[C@H]1O. The van der Waals surface area contributed by atoms with Gasteiger partial charge >= 0.3 is 0 Å². The van der Waals surface area contributed by atoms with Crippen molar-refractivity contribution in [3.8, 4) is 0 Å². The molecule has 5 rings (SSSR count). The van der Waals surface area contributed by atoms with Crippen molar-refractivity contribution in [1.82, 2.24) is 0 Å². The molecule has 0 bridgehead atoms. The molecule has 25 atom stereocenters. The Morgan fingerprint density at radius 1 is 0.172 bits per heavy atom. The first-order chi connectivity index (χ1) is 51.6. The zero-order valence-electron chi connectivity index (χ0n) is 81.2. The van der Waals surface area contributed by atoms with Gasteiger partial charge in [0.15, 0.2) is 156 Å². The predicted octanol–water partition coefficient (Wildman–Crippen LogP) is 16.0. The topological polar surface area (TPSA) is 262 Å². The molecule has 0 aromatic heterocycles. The Kier molecular flexibility index (Phi) is 38.5. The van der Waals surface area contributed by atoms with E-state index < -0.39 is 278 Å². The van der Waals surface area contributed by atoms with Crippen LogP contribution in [0.4, 0.5) is 0 Å². The van der Waals surface area contributed by atoms with Crippen LogP contribution in [-0.2, 0) is 109 Å². The minimum Gasteiger partial charge on any atom is -0.415 e. The standard InChI is InChI=1S/C75H172O26Si15/c1-102(2,3)78-46-51-56(76)61(92-107(16,17)18)67(98-113(34,35)36)72(84-51)89-58-53(48-80-104(7,8)9)86-74(69(100-115(40,41)42)63(58)94-109(22,23)24)91-60-55(50-82-106(13,14)15)87-75(70(101-116(43,44)45)65(60)96-111(28,29)30)90-59-54(49-81-105(10,11)12)85-73(68(99-114(37,38)39)64(59)95-110(25,26)27)88-57-52(47-79-103(4,5)6)83-71(77)66(97-112(31,32)33)62(57)93-108(19,20)21/h51-77H,46-50H2,1-45H3/t51-,52+,53-,54+,55+,56-,57+,58-,59+,60+,61-,62+,63-,64+,65+,66?,67+,68-,69+,70+,71+,72+,73-,74+,75+/m0/s1. The third-order valence-corrected chi connectivity index (χ3v) is 32.4. The molecule has 5 saturated heterocycles. The lowest BCUT2D eigenvalue weighted by Crippen LogP contribution is -2.72. The summed E-state index contributed by atoms with van der Waals surface area (Å²) in [5, 5.41) is 24.8. The van der Waals surface area contributed by atoms with Crippen molar-refractivity contribution < 1.29 is 119 Å². The van der Waals surface area contributed by atoms with Gasteiger partial charge < -0.3 is 119 Å². The first-order valence-electron chi connectivity index (χ1n) is 42.8. The number of rotatable bonds is 43. The second-order valence-corrected chi connectivity index (χ2v) is 114. The highest BCUT2D eigenvalue weighted by Gasteiger charge is 2.63. The number of hydrogen-bond donors (Lipinski definition) is 2. The molecule has 5 heterocycles. The third kappa shape index (κ3) is 39.3. The van der Waals surface area contributed by atoms with Crippen LogP contribution in [0.25, 0.3) is 0 Å². The molecular weight excluding hydrogens is 1740 g/mol. The lowest BCUT2D eigenvalue weighted by molar-refractivity contribution is -0.386. The van der Waals surface area contributed by atoms with Crippen LogP contribution < -0.4 is 0 Å². The highest BCUT2D eigenvalue weighted by Crippen LogP contribution is 2.45. The van der Waals surface area contributed by atoms with E-state index in [1.54, 1.807) is 0 Å². The third-order valence-electron chi connectivity index (χ3n) is 17.5. The molecule has 5 fully saturated rings. The molecular formula is C75H172O26Si15. The summed E-state index contributed by atoms with van der Waals surface area (Å²) >= 11 is 0. The summed E-state index contributed by atoms with van der Waals surface area (Å²) in [6.45, 7) is 96.9. The largest absolute Gasteiger partial charge is 0.415 e. The molecule has 5 aliphatic heterocycles. The predicted molar refractivity (Wildman–Crippen MR) is 500 cm³/mol. The summed E-state index contributed by atoms with van der Waals surface area (Å²) in [5.74, 6) is 0. The van der Waals surface area contributed by atoms with Crippen LogP contribution >= 0.6 is 0 Å². The maximum atomic E-state index is 12.6. The summed E-state index contributed by atoms with van der Waals surface area (Å²) in [4.78, 5) is 0. The summed E-state index contributed by atoms with van der Waals surface area (Å²) in [7, 11) is -37.5. The fourth-order valence-corrected chi connectivity index (χ4v) is 27.9. The smallest absolute Gasteiger partial charge is 0.186 e.